The van der Waals surface area contributed by atoms with Crippen molar-refractivity contribution in [1.29, 1.82) is 0 Å². The van der Waals surface area contributed by atoms with Gasteiger partial charge in [0.25, 0.3) is 0 Å². The molecular weight excluding hydrogens is 298 g/mol. The summed E-state index contributed by atoms with van der Waals surface area (Å²) in [5.41, 5.74) is 1.70. The molecule has 3 rings (SSSR count). The van der Waals surface area contributed by atoms with Gasteiger partial charge in [-0.15, -0.1) is 0 Å². The largest absolute Gasteiger partial charge is 0.391 e. The van der Waals surface area contributed by atoms with E-state index in [0.717, 1.165) is 31.2 Å². The molecule has 0 bridgehead atoms. The highest BCUT2D eigenvalue weighted by Crippen LogP contribution is 2.45. The van der Waals surface area contributed by atoms with Gasteiger partial charge in [-0.1, -0.05) is 43.2 Å². The van der Waals surface area contributed by atoms with Gasteiger partial charge in [-0.05, 0) is 37.2 Å². The minimum absolute atomic E-state index is 0.427. The third-order valence-corrected chi connectivity index (χ3v) is 5.50. The van der Waals surface area contributed by atoms with Gasteiger partial charge in [0, 0.05) is 26.1 Å². The third kappa shape index (κ3) is 4.29. The van der Waals surface area contributed by atoms with Crippen LogP contribution in [0.4, 0.5) is 0 Å². The number of hydrogen-bond acceptors (Lipinski definition) is 2. The average Bonchev–Trinajstić information content (AvgIpc) is 3.23. The number of likely N-dealkylation sites (tertiary alicyclic amines) is 1. The van der Waals surface area contributed by atoms with Crippen LogP contribution >= 0.6 is 0 Å². The first-order chi connectivity index (χ1) is 11.7. The number of hydrogen-bond donors (Lipinski definition) is 2. The second-order valence-electron chi connectivity index (χ2n) is 7.42. The summed E-state index contributed by atoms with van der Waals surface area (Å²) in [6.45, 7) is 5.67. The lowest BCUT2D eigenvalue weighted by Gasteiger charge is -2.26. The fourth-order valence-electron chi connectivity index (χ4n) is 4.22. The Morgan fingerprint density at radius 3 is 2.71 bits per heavy atom. The minimum Gasteiger partial charge on any atom is -0.391 e. The van der Waals surface area contributed by atoms with Gasteiger partial charge in [0.1, 0.15) is 0 Å². The first kappa shape index (κ1) is 17.3. The first-order valence-electron chi connectivity index (χ1n) is 9.46. The van der Waals surface area contributed by atoms with Gasteiger partial charge in [0.05, 0.1) is 12.6 Å². The van der Waals surface area contributed by atoms with E-state index < -0.39 is 6.10 Å². The zero-order valence-electron chi connectivity index (χ0n) is 14.9. The van der Waals surface area contributed by atoms with Crippen molar-refractivity contribution in [3.63, 3.8) is 0 Å². The number of guanidine groups is 1. The smallest absolute Gasteiger partial charge is 0.194 e. The first-order valence-corrected chi connectivity index (χ1v) is 9.46. The van der Waals surface area contributed by atoms with Crippen molar-refractivity contribution in [2.45, 2.75) is 51.6 Å². The predicted octanol–water partition coefficient (Wildman–Crippen LogP) is 2.82. The normalized spacial score (nSPS) is 21.4. The van der Waals surface area contributed by atoms with Crippen LogP contribution in [0, 0.1) is 5.41 Å². The van der Waals surface area contributed by atoms with Crippen LogP contribution in [-0.2, 0) is 6.42 Å². The second kappa shape index (κ2) is 8.02. The molecule has 4 nitrogen and oxygen atoms in total. The molecule has 2 N–H and O–H groups in total. The van der Waals surface area contributed by atoms with Gasteiger partial charge >= 0.3 is 0 Å². The summed E-state index contributed by atoms with van der Waals surface area (Å²) in [6, 6.07) is 10.1. The Morgan fingerprint density at radius 2 is 2.00 bits per heavy atom. The molecule has 0 aromatic heterocycles. The number of aliphatic hydroxyl groups excluding tert-OH is 1. The van der Waals surface area contributed by atoms with Gasteiger partial charge in [-0.2, -0.15) is 0 Å². The lowest BCUT2D eigenvalue weighted by molar-refractivity contribution is 0.183. The van der Waals surface area contributed by atoms with E-state index in [-0.39, 0.29) is 0 Å². The van der Waals surface area contributed by atoms with Crippen LogP contribution in [0.25, 0.3) is 0 Å². The molecule has 2 aliphatic rings. The molecule has 24 heavy (non-hydrogen) atoms. The van der Waals surface area contributed by atoms with Gasteiger partial charge in [-0.25, -0.2) is 0 Å². The number of rotatable bonds is 5. The Labute approximate surface area is 146 Å². The summed E-state index contributed by atoms with van der Waals surface area (Å²) < 4.78 is 0. The molecule has 0 radical (unpaired) electrons. The van der Waals surface area contributed by atoms with Crippen molar-refractivity contribution in [3.8, 4) is 0 Å². The van der Waals surface area contributed by atoms with E-state index in [0.29, 0.717) is 18.4 Å². The Hall–Kier alpha value is -1.55. The van der Waals surface area contributed by atoms with Gasteiger partial charge < -0.3 is 15.3 Å². The topological polar surface area (TPSA) is 47.9 Å². The van der Waals surface area contributed by atoms with Crippen molar-refractivity contribution < 1.29 is 5.11 Å². The zero-order valence-corrected chi connectivity index (χ0v) is 14.9. The molecule has 0 amide bonds. The number of aliphatic hydroxyl groups is 1. The molecule has 1 unspecified atom stereocenters. The molecule has 1 saturated carbocycles. The number of benzene rings is 1. The summed E-state index contributed by atoms with van der Waals surface area (Å²) >= 11 is 0. The van der Waals surface area contributed by atoms with E-state index in [2.05, 4.69) is 29.3 Å². The standard InChI is InChI=1S/C20H31N3O/c1-2-21-19(23-13-12-20(16-23)10-6-7-11-20)22-15-18(24)14-17-8-4-3-5-9-17/h3-5,8-9,18,24H,2,6-7,10-16H2,1H3,(H,21,22). The van der Waals surface area contributed by atoms with Crippen molar-refractivity contribution in [3.05, 3.63) is 35.9 Å². The maximum Gasteiger partial charge on any atom is 0.194 e. The fraction of sp³-hybridized carbons (Fsp3) is 0.650. The van der Waals surface area contributed by atoms with Crippen LogP contribution in [0.2, 0.25) is 0 Å². The van der Waals surface area contributed by atoms with Gasteiger partial charge in [0.15, 0.2) is 5.96 Å². The molecule has 1 heterocycles. The van der Waals surface area contributed by atoms with E-state index in [1.54, 1.807) is 0 Å². The van der Waals surface area contributed by atoms with Crippen LogP contribution in [0.1, 0.15) is 44.6 Å². The molecule has 1 spiro atoms. The van der Waals surface area contributed by atoms with Crippen LogP contribution in [0.5, 0.6) is 0 Å². The molecule has 1 atom stereocenters. The highest BCUT2D eigenvalue weighted by molar-refractivity contribution is 5.80. The summed E-state index contributed by atoms with van der Waals surface area (Å²) in [4.78, 5) is 7.13. The van der Waals surface area contributed by atoms with Crippen molar-refractivity contribution in [2.24, 2.45) is 10.4 Å². The molecule has 1 aromatic carbocycles. The fourth-order valence-corrected chi connectivity index (χ4v) is 4.22. The third-order valence-electron chi connectivity index (χ3n) is 5.50. The summed E-state index contributed by atoms with van der Waals surface area (Å²) in [5.74, 6) is 0.980. The molecule has 4 heteroatoms. The highest BCUT2D eigenvalue weighted by atomic mass is 16.3. The minimum atomic E-state index is -0.427. The monoisotopic (exact) mass is 329 g/mol. The number of aliphatic imine (C=N–C) groups is 1. The Balaban J connectivity index is 1.57. The van der Waals surface area contributed by atoms with Gasteiger partial charge in [0.2, 0.25) is 0 Å². The molecule has 132 valence electrons. The molecule has 2 fully saturated rings. The molecule has 1 saturated heterocycles. The van der Waals surface area contributed by atoms with E-state index in [4.69, 9.17) is 4.99 Å². The SMILES string of the molecule is CCNC(=NCC(O)Cc1ccccc1)N1CCC2(CCCC2)C1. The average molecular weight is 329 g/mol. The summed E-state index contributed by atoms with van der Waals surface area (Å²) in [7, 11) is 0. The molecule has 1 aliphatic carbocycles. The lowest BCUT2D eigenvalue weighted by Crippen LogP contribution is -2.41. The summed E-state index contributed by atoms with van der Waals surface area (Å²) in [6.07, 6.45) is 7.05. The van der Waals surface area contributed by atoms with E-state index in [1.165, 1.54) is 32.1 Å². The second-order valence-corrected chi connectivity index (χ2v) is 7.42. The van der Waals surface area contributed by atoms with E-state index in [9.17, 15) is 5.11 Å². The number of nitrogens with zero attached hydrogens (tertiary/aromatic N) is 2. The number of nitrogens with one attached hydrogen (secondary N) is 1. The van der Waals surface area contributed by atoms with Gasteiger partial charge in [-0.3, -0.25) is 4.99 Å². The van der Waals surface area contributed by atoms with Crippen molar-refractivity contribution >= 4 is 5.96 Å². The van der Waals surface area contributed by atoms with Crippen LogP contribution in [0.15, 0.2) is 35.3 Å². The van der Waals surface area contributed by atoms with E-state index >= 15 is 0 Å². The van der Waals surface area contributed by atoms with Crippen molar-refractivity contribution in [2.75, 3.05) is 26.2 Å². The molecule has 1 aliphatic heterocycles. The zero-order chi connectivity index (χ0) is 16.8. The van der Waals surface area contributed by atoms with E-state index in [1.807, 2.05) is 18.2 Å². The quantitative estimate of drug-likeness (QED) is 0.645. The molecular formula is C20H31N3O. The molecule has 1 aromatic rings. The highest BCUT2D eigenvalue weighted by Gasteiger charge is 2.41. The van der Waals surface area contributed by atoms with Crippen molar-refractivity contribution in [1.82, 2.24) is 10.2 Å². The maximum atomic E-state index is 10.3. The van der Waals surface area contributed by atoms with Crippen LogP contribution in [-0.4, -0.2) is 48.2 Å². The summed E-state index contributed by atoms with van der Waals surface area (Å²) in [5, 5.41) is 13.7. The Kier molecular flexibility index (Phi) is 5.77. The predicted molar refractivity (Wildman–Crippen MR) is 99.2 cm³/mol. The van der Waals surface area contributed by atoms with Crippen LogP contribution < -0.4 is 5.32 Å². The maximum absolute atomic E-state index is 10.3. The van der Waals surface area contributed by atoms with Crippen LogP contribution in [0.3, 0.4) is 0 Å². The Morgan fingerprint density at radius 1 is 1.25 bits per heavy atom. The Bertz CT molecular complexity index is 537. The lowest BCUT2D eigenvalue weighted by atomic mass is 9.86.